The summed E-state index contributed by atoms with van der Waals surface area (Å²) in [6.45, 7) is 5.16. The summed E-state index contributed by atoms with van der Waals surface area (Å²) in [5.74, 6) is 0.411. The molecule has 102 valence electrons. The van der Waals surface area contributed by atoms with E-state index < -0.39 is 0 Å². The van der Waals surface area contributed by atoms with E-state index in [2.05, 4.69) is 6.92 Å². The Kier molecular flexibility index (Phi) is 4.25. The molecule has 1 amide bonds. The van der Waals surface area contributed by atoms with E-state index in [0.717, 1.165) is 32.2 Å². The van der Waals surface area contributed by atoms with Gasteiger partial charge in [-0.3, -0.25) is 9.59 Å². The van der Waals surface area contributed by atoms with Crippen molar-refractivity contribution in [3.05, 3.63) is 0 Å². The second-order valence-electron chi connectivity index (χ2n) is 5.57. The quantitative estimate of drug-likeness (QED) is 0.722. The van der Waals surface area contributed by atoms with Crippen molar-refractivity contribution in [2.24, 2.45) is 11.8 Å². The maximum absolute atomic E-state index is 12.0. The molecule has 4 nitrogen and oxygen atoms in total. The molecule has 0 radical (unpaired) electrons. The van der Waals surface area contributed by atoms with Crippen molar-refractivity contribution < 1.29 is 14.3 Å². The number of likely N-dealkylation sites (tertiary alicyclic amines) is 1. The molecule has 1 aliphatic carbocycles. The Morgan fingerprint density at radius 1 is 1.39 bits per heavy atom. The van der Waals surface area contributed by atoms with E-state index in [1.807, 2.05) is 11.8 Å². The van der Waals surface area contributed by atoms with E-state index in [1.165, 1.54) is 0 Å². The highest BCUT2D eigenvalue weighted by Gasteiger charge is 2.40. The van der Waals surface area contributed by atoms with Crippen LogP contribution in [0.4, 0.5) is 0 Å². The summed E-state index contributed by atoms with van der Waals surface area (Å²) in [5, 5.41) is 0. The molecule has 2 rings (SSSR count). The number of carbonyl (C=O) groups excluding carboxylic acids is 2. The van der Waals surface area contributed by atoms with Crippen LogP contribution in [0.15, 0.2) is 0 Å². The number of rotatable bonds is 3. The zero-order chi connectivity index (χ0) is 13.1. The summed E-state index contributed by atoms with van der Waals surface area (Å²) in [6.07, 6.45) is 4.62. The van der Waals surface area contributed by atoms with Crippen LogP contribution in [0.5, 0.6) is 0 Å². The average molecular weight is 253 g/mol. The molecule has 1 unspecified atom stereocenters. The number of amides is 1. The van der Waals surface area contributed by atoms with Crippen LogP contribution in [0.2, 0.25) is 0 Å². The van der Waals surface area contributed by atoms with Crippen molar-refractivity contribution in [3.63, 3.8) is 0 Å². The van der Waals surface area contributed by atoms with Crippen molar-refractivity contribution in [2.45, 2.75) is 52.0 Å². The molecule has 0 N–H and O–H groups in total. The molecule has 0 aromatic heterocycles. The van der Waals surface area contributed by atoms with Crippen molar-refractivity contribution in [3.8, 4) is 0 Å². The van der Waals surface area contributed by atoms with Crippen LogP contribution in [0.1, 0.15) is 46.0 Å². The van der Waals surface area contributed by atoms with Gasteiger partial charge in [-0.1, -0.05) is 19.8 Å². The maximum atomic E-state index is 12.0. The molecule has 18 heavy (non-hydrogen) atoms. The van der Waals surface area contributed by atoms with Crippen LogP contribution in [-0.2, 0) is 14.3 Å². The number of hydrogen-bond acceptors (Lipinski definition) is 3. The summed E-state index contributed by atoms with van der Waals surface area (Å²) in [7, 11) is 0. The zero-order valence-electron chi connectivity index (χ0n) is 11.4. The topological polar surface area (TPSA) is 46.6 Å². The number of esters is 1. The molecule has 0 aromatic rings. The van der Waals surface area contributed by atoms with Crippen LogP contribution in [0.3, 0.4) is 0 Å². The van der Waals surface area contributed by atoms with Gasteiger partial charge in [0.1, 0.15) is 0 Å². The highest BCUT2D eigenvalue weighted by molar-refractivity contribution is 5.80. The molecule has 3 atom stereocenters. The molecule has 2 fully saturated rings. The minimum absolute atomic E-state index is 0.0789. The number of carbonyl (C=O) groups is 2. The molecule has 0 bridgehead atoms. The van der Waals surface area contributed by atoms with Gasteiger partial charge in [0.05, 0.1) is 12.5 Å². The van der Waals surface area contributed by atoms with E-state index in [9.17, 15) is 9.59 Å². The first-order valence-electron chi connectivity index (χ1n) is 7.09. The SMILES string of the molecule is CCOC(=O)[C@H]1CCCC[C@@H]1N1CC(C)CC1=O. The Morgan fingerprint density at radius 2 is 2.11 bits per heavy atom. The summed E-state index contributed by atoms with van der Waals surface area (Å²) >= 11 is 0. The Bertz CT molecular complexity index is 329. The van der Waals surface area contributed by atoms with Crippen LogP contribution >= 0.6 is 0 Å². The molecule has 0 spiro atoms. The van der Waals surface area contributed by atoms with E-state index in [4.69, 9.17) is 4.74 Å². The van der Waals surface area contributed by atoms with Crippen molar-refractivity contribution in [2.75, 3.05) is 13.2 Å². The zero-order valence-corrected chi connectivity index (χ0v) is 11.4. The van der Waals surface area contributed by atoms with Gasteiger partial charge >= 0.3 is 5.97 Å². The predicted octanol–water partition coefficient (Wildman–Crippen LogP) is 1.98. The molecule has 0 aromatic carbocycles. The van der Waals surface area contributed by atoms with Gasteiger partial charge < -0.3 is 9.64 Å². The van der Waals surface area contributed by atoms with Gasteiger partial charge in [0, 0.05) is 19.0 Å². The Balaban J connectivity index is 2.08. The van der Waals surface area contributed by atoms with Gasteiger partial charge in [0.15, 0.2) is 0 Å². The molecular weight excluding hydrogens is 230 g/mol. The van der Waals surface area contributed by atoms with Crippen LogP contribution in [0.25, 0.3) is 0 Å². The lowest BCUT2D eigenvalue weighted by atomic mass is 9.83. The Labute approximate surface area is 109 Å². The first-order chi connectivity index (χ1) is 8.63. The van der Waals surface area contributed by atoms with Gasteiger partial charge in [-0.15, -0.1) is 0 Å². The first-order valence-corrected chi connectivity index (χ1v) is 7.09. The van der Waals surface area contributed by atoms with Gasteiger partial charge in [-0.25, -0.2) is 0 Å². The minimum atomic E-state index is -0.116. The third-order valence-corrected chi connectivity index (χ3v) is 4.07. The molecule has 1 saturated heterocycles. The standard InChI is InChI=1S/C14H23NO3/c1-3-18-14(17)11-6-4-5-7-12(11)15-9-10(2)8-13(15)16/h10-12H,3-9H2,1-2H3/t10?,11-,12-/m0/s1. The Morgan fingerprint density at radius 3 is 2.72 bits per heavy atom. The minimum Gasteiger partial charge on any atom is -0.466 e. The van der Waals surface area contributed by atoms with E-state index in [-0.39, 0.29) is 23.8 Å². The second kappa shape index (κ2) is 5.72. The molecule has 1 heterocycles. The van der Waals surface area contributed by atoms with Crippen LogP contribution < -0.4 is 0 Å². The fourth-order valence-electron chi connectivity index (χ4n) is 3.25. The van der Waals surface area contributed by atoms with Crippen molar-refractivity contribution in [1.29, 1.82) is 0 Å². The van der Waals surface area contributed by atoms with Gasteiger partial charge in [0.25, 0.3) is 0 Å². The van der Waals surface area contributed by atoms with E-state index >= 15 is 0 Å². The third kappa shape index (κ3) is 2.68. The summed E-state index contributed by atoms with van der Waals surface area (Å²) in [6, 6.07) is 0.0789. The average Bonchev–Trinajstić information content (AvgIpc) is 2.69. The lowest BCUT2D eigenvalue weighted by Crippen LogP contribution is -2.46. The van der Waals surface area contributed by atoms with Crippen molar-refractivity contribution >= 4 is 11.9 Å². The summed E-state index contributed by atoms with van der Waals surface area (Å²) in [4.78, 5) is 25.9. The molecule has 1 aliphatic heterocycles. The number of hydrogen-bond donors (Lipinski definition) is 0. The van der Waals surface area contributed by atoms with Gasteiger partial charge in [-0.05, 0) is 25.7 Å². The smallest absolute Gasteiger partial charge is 0.311 e. The van der Waals surface area contributed by atoms with E-state index in [1.54, 1.807) is 0 Å². The molecular formula is C14H23NO3. The Hall–Kier alpha value is -1.06. The number of ether oxygens (including phenoxy) is 1. The summed E-state index contributed by atoms with van der Waals surface area (Å²) < 4.78 is 5.16. The van der Waals surface area contributed by atoms with Gasteiger partial charge in [-0.2, -0.15) is 0 Å². The lowest BCUT2D eigenvalue weighted by Gasteiger charge is -2.36. The third-order valence-electron chi connectivity index (χ3n) is 4.07. The fraction of sp³-hybridized carbons (Fsp3) is 0.857. The maximum Gasteiger partial charge on any atom is 0.311 e. The number of nitrogens with zero attached hydrogens (tertiary/aromatic N) is 1. The summed E-state index contributed by atoms with van der Waals surface area (Å²) in [5.41, 5.74) is 0. The second-order valence-corrected chi connectivity index (χ2v) is 5.57. The largest absolute Gasteiger partial charge is 0.466 e. The van der Waals surface area contributed by atoms with Crippen LogP contribution in [0, 0.1) is 11.8 Å². The fourth-order valence-corrected chi connectivity index (χ4v) is 3.25. The lowest BCUT2D eigenvalue weighted by molar-refractivity contribution is -0.153. The highest BCUT2D eigenvalue weighted by Crippen LogP contribution is 2.33. The van der Waals surface area contributed by atoms with Gasteiger partial charge in [0.2, 0.25) is 5.91 Å². The monoisotopic (exact) mass is 253 g/mol. The predicted molar refractivity (Wildman–Crippen MR) is 67.9 cm³/mol. The first kappa shape index (κ1) is 13.4. The van der Waals surface area contributed by atoms with Crippen LogP contribution in [-0.4, -0.2) is 36.0 Å². The van der Waals surface area contributed by atoms with E-state index in [0.29, 0.717) is 18.9 Å². The normalized spacial score (nSPS) is 32.7. The molecule has 4 heteroatoms. The molecule has 2 aliphatic rings. The van der Waals surface area contributed by atoms with Crippen molar-refractivity contribution in [1.82, 2.24) is 4.90 Å². The molecule has 1 saturated carbocycles. The highest BCUT2D eigenvalue weighted by atomic mass is 16.5.